The zero-order chi connectivity index (χ0) is 14.2. The van der Waals surface area contributed by atoms with E-state index in [1.54, 1.807) is 6.08 Å². The Morgan fingerprint density at radius 3 is 2.11 bits per heavy atom. The molecule has 1 aliphatic rings. The Morgan fingerprint density at radius 2 is 1.74 bits per heavy atom. The molecule has 1 saturated heterocycles. The van der Waals surface area contributed by atoms with Crippen LogP contribution in [0.2, 0.25) is 0 Å². The molecule has 0 spiro atoms. The van der Waals surface area contributed by atoms with E-state index < -0.39 is 14.2 Å². The fourth-order valence-electron chi connectivity index (χ4n) is 2.29. The van der Waals surface area contributed by atoms with Crippen LogP contribution < -0.4 is 0 Å². The summed E-state index contributed by atoms with van der Waals surface area (Å²) in [7, 11) is -3.22. The number of aliphatic imine (C=N–C) groups is 1. The first-order chi connectivity index (χ1) is 9.20. The van der Waals surface area contributed by atoms with Crippen LogP contribution in [0.15, 0.2) is 4.99 Å². The lowest BCUT2D eigenvalue weighted by Gasteiger charge is -2.42. The summed E-state index contributed by atoms with van der Waals surface area (Å²) in [5, 5.41) is -1.13. The van der Waals surface area contributed by atoms with E-state index in [9.17, 15) is 4.79 Å². The predicted molar refractivity (Wildman–Crippen MR) is 71.3 cm³/mol. The fourth-order valence-corrected chi connectivity index (χ4v) is 5.30. The van der Waals surface area contributed by atoms with E-state index in [2.05, 4.69) is 4.99 Å². The van der Waals surface area contributed by atoms with Crippen LogP contribution in [0.5, 0.6) is 0 Å². The molecule has 1 rings (SSSR count). The van der Waals surface area contributed by atoms with Gasteiger partial charge < -0.3 is 18.0 Å². The van der Waals surface area contributed by atoms with E-state index in [1.807, 2.05) is 20.8 Å². The molecule has 0 saturated carbocycles. The van der Waals surface area contributed by atoms with E-state index in [0.717, 1.165) is 12.8 Å². The van der Waals surface area contributed by atoms with E-state index in [1.165, 1.54) is 0 Å². The summed E-state index contributed by atoms with van der Waals surface area (Å²) in [4.78, 5) is 14.7. The third-order valence-electron chi connectivity index (χ3n) is 2.96. The van der Waals surface area contributed by atoms with E-state index in [4.69, 9.17) is 18.0 Å². The first kappa shape index (κ1) is 16.5. The molecule has 1 unspecified atom stereocenters. The van der Waals surface area contributed by atoms with Crippen molar-refractivity contribution in [2.24, 2.45) is 4.99 Å². The SMILES string of the molecule is CCO[Si](OCC)(OCC)C1(N=C=O)CCCCO1. The predicted octanol–water partition coefficient (Wildman–Crippen LogP) is 1.81. The Balaban J connectivity index is 3.16. The van der Waals surface area contributed by atoms with Gasteiger partial charge >= 0.3 is 8.80 Å². The number of isocyanates is 1. The standard InChI is InChI=1S/C12H23NO5Si/c1-4-16-19(17-5-2,18-6-3)12(13-11-14)9-7-8-10-15-12/h4-10H2,1-3H3. The van der Waals surface area contributed by atoms with Crippen LogP contribution in [-0.4, -0.2) is 46.7 Å². The monoisotopic (exact) mass is 289 g/mol. The lowest BCUT2D eigenvalue weighted by atomic mass is 10.2. The Bertz CT molecular complexity index is 296. The van der Waals surface area contributed by atoms with Crippen LogP contribution in [0.25, 0.3) is 0 Å². The highest BCUT2D eigenvalue weighted by atomic mass is 28.4. The van der Waals surface area contributed by atoms with Gasteiger partial charge in [-0.05, 0) is 33.6 Å². The summed E-state index contributed by atoms with van der Waals surface area (Å²) in [6.45, 7) is 7.37. The summed E-state index contributed by atoms with van der Waals surface area (Å²) in [5.74, 6) is 0. The molecule has 0 aromatic rings. The zero-order valence-electron chi connectivity index (χ0n) is 11.9. The molecule has 19 heavy (non-hydrogen) atoms. The van der Waals surface area contributed by atoms with Crippen molar-refractivity contribution >= 4 is 14.9 Å². The molecule has 6 nitrogen and oxygen atoms in total. The smallest absolute Gasteiger partial charge is 0.371 e. The van der Waals surface area contributed by atoms with Crippen molar-refractivity contribution in [2.75, 3.05) is 26.4 Å². The van der Waals surface area contributed by atoms with Gasteiger partial charge in [0.15, 0.2) is 0 Å². The van der Waals surface area contributed by atoms with Crippen molar-refractivity contribution in [2.45, 2.75) is 45.4 Å². The molecule has 0 radical (unpaired) electrons. The number of rotatable bonds is 8. The number of hydrogen-bond donors (Lipinski definition) is 0. The first-order valence-electron chi connectivity index (χ1n) is 6.85. The average molecular weight is 289 g/mol. The van der Waals surface area contributed by atoms with Gasteiger partial charge in [-0.3, -0.25) is 0 Å². The third kappa shape index (κ3) is 3.50. The second-order valence-electron chi connectivity index (χ2n) is 4.15. The largest absolute Gasteiger partial charge is 0.559 e. The molecule has 7 heteroatoms. The summed E-state index contributed by atoms with van der Waals surface area (Å²) in [6.07, 6.45) is 4.00. The molecule has 0 N–H and O–H groups in total. The van der Waals surface area contributed by atoms with Crippen LogP contribution in [0.1, 0.15) is 40.0 Å². The van der Waals surface area contributed by atoms with Crippen molar-refractivity contribution in [3.63, 3.8) is 0 Å². The fraction of sp³-hybridized carbons (Fsp3) is 0.917. The van der Waals surface area contributed by atoms with Crippen molar-refractivity contribution in [1.82, 2.24) is 0 Å². The number of nitrogens with zero attached hydrogens (tertiary/aromatic N) is 1. The summed E-state index contributed by atoms with van der Waals surface area (Å²) in [6, 6.07) is 0. The summed E-state index contributed by atoms with van der Waals surface area (Å²) in [5.41, 5.74) is 0. The maximum Gasteiger partial charge on any atom is 0.559 e. The molecule has 110 valence electrons. The van der Waals surface area contributed by atoms with Gasteiger partial charge in [0, 0.05) is 32.8 Å². The molecule has 1 aliphatic heterocycles. The average Bonchev–Trinajstić information content (AvgIpc) is 2.41. The van der Waals surface area contributed by atoms with Gasteiger partial charge in [-0.25, -0.2) is 4.79 Å². The van der Waals surface area contributed by atoms with Gasteiger partial charge in [-0.15, -0.1) is 0 Å². The van der Waals surface area contributed by atoms with Crippen LogP contribution in [0, 0.1) is 0 Å². The molecule has 1 heterocycles. The number of carbonyl (C=O) groups excluding carboxylic acids is 1. The lowest BCUT2D eigenvalue weighted by Crippen LogP contribution is -2.66. The van der Waals surface area contributed by atoms with Gasteiger partial charge in [0.1, 0.15) is 0 Å². The zero-order valence-corrected chi connectivity index (χ0v) is 12.9. The molecular formula is C12H23NO5Si. The van der Waals surface area contributed by atoms with Gasteiger partial charge in [0.2, 0.25) is 11.4 Å². The Morgan fingerprint density at radius 1 is 1.16 bits per heavy atom. The third-order valence-corrected chi connectivity index (χ3v) is 6.43. The number of ether oxygens (including phenoxy) is 1. The van der Waals surface area contributed by atoms with Crippen molar-refractivity contribution in [3.8, 4) is 0 Å². The minimum absolute atomic E-state index is 0.422. The summed E-state index contributed by atoms with van der Waals surface area (Å²) >= 11 is 0. The van der Waals surface area contributed by atoms with Crippen LogP contribution in [0.3, 0.4) is 0 Å². The topological polar surface area (TPSA) is 66.3 Å². The summed E-state index contributed by atoms with van der Waals surface area (Å²) < 4.78 is 23.2. The molecule has 1 atom stereocenters. The molecule has 0 aliphatic carbocycles. The Hall–Kier alpha value is -0.563. The van der Waals surface area contributed by atoms with Crippen molar-refractivity contribution < 1.29 is 22.8 Å². The highest BCUT2D eigenvalue weighted by Gasteiger charge is 2.64. The first-order valence-corrected chi connectivity index (χ1v) is 8.57. The van der Waals surface area contributed by atoms with E-state index >= 15 is 0 Å². The van der Waals surface area contributed by atoms with Crippen molar-refractivity contribution in [3.05, 3.63) is 0 Å². The van der Waals surface area contributed by atoms with E-state index in [0.29, 0.717) is 32.8 Å². The second kappa shape index (κ2) is 7.89. The van der Waals surface area contributed by atoms with Crippen molar-refractivity contribution in [1.29, 1.82) is 0 Å². The number of hydrogen-bond acceptors (Lipinski definition) is 6. The molecular weight excluding hydrogens is 266 g/mol. The lowest BCUT2D eigenvalue weighted by molar-refractivity contribution is -0.0889. The second-order valence-corrected chi connectivity index (χ2v) is 6.91. The minimum atomic E-state index is -3.22. The van der Waals surface area contributed by atoms with Gasteiger partial charge in [0.05, 0.1) is 0 Å². The highest BCUT2D eigenvalue weighted by molar-refractivity contribution is 6.64. The molecule has 0 aromatic heterocycles. The molecule has 0 amide bonds. The molecule has 0 aromatic carbocycles. The van der Waals surface area contributed by atoms with Gasteiger partial charge in [-0.1, -0.05) is 0 Å². The normalized spacial score (nSPS) is 23.9. The van der Waals surface area contributed by atoms with Crippen LogP contribution in [-0.2, 0) is 22.8 Å². The van der Waals surface area contributed by atoms with E-state index in [-0.39, 0.29) is 0 Å². The minimum Gasteiger partial charge on any atom is -0.371 e. The van der Waals surface area contributed by atoms with Crippen LogP contribution in [0.4, 0.5) is 0 Å². The highest BCUT2D eigenvalue weighted by Crippen LogP contribution is 2.37. The molecule has 1 fully saturated rings. The Labute approximate surface area is 115 Å². The van der Waals surface area contributed by atoms with Gasteiger partial charge in [0.25, 0.3) is 0 Å². The van der Waals surface area contributed by atoms with Crippen LogP contribution >= 0.6 is 0 Å². The molecule has 0 bridgehead atoms. The Kier molecular flexibility index (Phi) is 6.85. The quantitative estimate of drug-likeness (QED) is 0.387. The van der Waals surface area contributed by atoms with Gasteiger partial charge in [-0.2, -0.15) is 4.99 Å². The maximum atomic E-state index is 10.8. The maximum absolute atomic E-state index is 10.8.